The molecule has 0 spiro atoms. The molecular formula is C18H24N4O2. The number of hydrogen-bond acceptors (Lipinski definition) is 4. The van der Waals surface area contributed by atoms with Crippen LogP contribution in [0.2, 0.25) is 0 Å². The van der Waals surface area contributed by atoms with Crippen molar-refractivity contribution in [2.24, 2.45) is 5.92 Å². The van der Waals surface area contributed by atoms with E-state index in [-0.39, 0.29) is 17.9 Å². The van der Waals surface area contributed by atoms with Crippen molar-refractivity contribution in [1.29, 1.82) is 0 Å². The van der Waals surface area contributed by atoms with Crippen LogP contribution in [0.5, 0.6) is 0 Å². The van der Waals surface area contributed by atoms with Crippen molar-refractivity contribution in [2.75, 3.05) is 13.6 Å². The summed E-state index contributed by atoms with van der Waals surface area (Å²) in [7, 11) is 1.77. The lowest BCUT2D eigenvalue weighted by molar-refractivity contribution is -0.129. The maximum atomic E-state index is 12.4. The fraction of sp³-hybridized carbons (Fsp3) is 0.444. The van der Waals surface area contributed by atoms with Crippen molar-refractivity contribution in [3.05, 3.63) is 46.0 Å². The standard InChI is InChI=1S/C18H24N4O2/c1-12(2)8-10-22(4)16(23)11-14-13(3)20-17(21-18(14)24)15-7-5-6-9-19-15/h5-7,9,12H,8,10-11H2,1-4H3,(H,20,21,24). The van der Waals surface area contributed by atoms with Gasteiger partial charge in [-0.05, 0) is 31.4 Å². The highest BCUT2D eigenvalue weighted by atomic mass is 16.2. The molecule has 2 aromatic heterocycles. The summed E-state index contributed by atoms with van der Waals surface area (Å²) in [5.74, 6) is 0.879. The van der Waals surface area contributed by atoms with Gasteiger partial charge < -0.3 is 9.88 Å². The molecule has 2 rings (SSSR count). The number of aromatic amines is 1. The molecule has 0 aliphatic rings. The number of likely N-dealkylation sites (N-methyl/N-ethyl adjacent to an activating group) is 1. The minimum absolute atomic E-state index is 0.0608. The van der Waals surface area contributed by atoms with Crippen molar-refractivity contribution >= 4 is 5.91 Å². The number of pyridine rings is 1. The number of aromatic nitrogens is 3. The molecule has 0 atom stereocenters. The lowest BCUT2D eigenvalue weighted by Gasteiger charge is -2.18. The number of nitrogens with one attached hydrogen (secondary N) is 1. The summed E-state index contributed by atoms with van der Waals surface area (Å²) < 4.78 is 0. The maximum absolute atomic E-state index is 12.4. The highest BCUT2D eigenvalue weighted by Crippen LogP contribution is 2.11. The fourth-order valence-corrected chi connectivity index (χ4v) is 2.31. The van der Waals surface area contributed by atoms with Crippen LogP contribution < -0.4 is 5.56 Å². The topological polar surface area (TPSA) is 79.0 Å². The Morgan fingerprint density at radius 3 is 2.67 bits per heavy atom. The first kappa shape index (κ1) is 17.8. The largest absolute Gasteiger partial charge is 0.345 e. The van der Waals surface area contributed by atoms with Crippen LogP contribution in [0.3, 0.4) is 0 Å². The van der Waals surface area contributed by atoms with Gasteiger partial charge in [-0.3, -0.25) is 14.6 Å². The minimum atomic E-state index is -0.284. The van der Waals surface area contributed by atoms with E-state index in [9.17, 15) is 9.59 Å². The number of amides is 1. The molecular weight excluding hydrogens is 304 g/mol. The molecule has 0 aliphatic heterocycles. The molecule has 0 fully saturated rings. The first-order chi connectivity index (χ1) is 11.4. The third kappa shape index (κ3) is 4.50. The Balaban J connectivity index is 2.17. The van der Waals surface area contributed by atoms with E-state index in [1.165, 1.54) is 0 Å². The molecule has 128 valence electrons. The average Bonchev–Trinajstić information content (AvgIpc) is 2.56. The smallest absolute Gasteiger partial charge is 0.255 e. The fourth-order valence-electron chi connectivity index (χ4n) is 2.31. The summed E-state index contributed by atoms with van der Waals surface area (Å²) >= 11 is 0. The molecule has 0 unspecified atom stereocenters. The van der Waals surface area contributed by atoms with E-state index in [1.807, 2.05) is 6.07 Å². The van der Waals surface area contributed by atoms with Crippen molar-refractivity contribution in [3.63, 3.8) is 0 Å². The van der Waals surface area contributed by atoms with Gasteiger partial charge in [-0.15, -0.1) is 0 Å². The quantitative estimate of drug-likeness (QED) is 0.881. The van der Waals surface area contributed by atoms with Gasteiger partial charge in [-0.25, -0.2) is 4.98 Å². The van der Waals surface area contributed by atoms with Gasteiger partial charge in [0, 0.05) is 31.0 Å². The van der Waals surface area contributed by atoms with Gasteiger partial charge in [-0.2, -0.15) is 0 Å². The van der Waals surface area contributed by atoms with Crippen molar-refractivity contribution < 1.29 is 4.79 Å². The second kappa shape index (κ2) is 7.86. The summed E-state index contributed by atoms with van der Waals surface area (Å²) in [4.78, 5) is 37.7. The zero-order valence-electron chi connectivity index (χ0n) is 14.7. The van der Waals surface area contributed by atoms with Crippen LogP contribution in [-0.4, -0.2) is 39.4 Å². The van der Waals surface area contributed by atoms with Crippen molar-refractivity contribution in [1.82, 2.24) is 19.9 Å². The number of nitrogens with zero attached hydrogens (tertiary/aromatic N) is 3. The molecule has 1 N–H and O–H groups in total. The Labute approximate surface area is 142 Å². The second-order valence-electron chi connectivity index (χ2n) is 6.37. The first-order valence-corrected chi connectivity index (χ1v) is 8.13. The van der Waals surface area contributed by atoms with E-state index >= 15 is 0 Å². The second-order valence-corrected chi connectivity index (χ2v) is 6.37. The Morgan fingerprint density at radius 1 is 1.33 bits per heavy atom. The third-order valence-corrected chi connectivity index (χ3v) is 3.93. The normalized spacial score (nSPS) is 10.9. The van der Waals surface area contributed by atoms with Gasteiger partial charge in [0.25, 0.3) is 5.56 Å². The van der Waals surface area contributed by atoms with Gasteiger partial charge in [0.15, 0.2) is 5.82 Å². The molecule has 2 heterocycles. The highest BCUT2D eigenvalue weighted by Gasteiger charge is 2.16. The summed E-state index contributed by atoms with van der Waals surface area (Å²) in [5.41, 5.74) is 1.29. The van der Waals surface area contributed by atoms with Gasteiger partial charge in [0.1, 0.15) is 5.69 Å². The molecule has 2 aromatic rings. The predicted octanol–water partition coefficient (Wildman–Crippen LogP) is 2.19. The molecule has 0 bridgehead atoms. The number of rotatable bonds is 6. The monoisotopic (exact) mass is 328 g/mol. The van der Waals surface area contributed by atoms with Crippen LogP contribution in [0, 0.1) is 12.8 Å². The first-order valence-electron chi connectivity index (χ1n) is 8.13. The van der Waals surface area contributed by atoms with Crippen LogP contribution in [0.4, 0.5) is 0 Å². The van der Waals surface area contributed by atoms with Gasteiger partial charge in [-0.1, -0.05) is 19.9 Å². The van der Waals surface area contributed by atoms with E-state index in [1.54, 1.807) is 37.2 Å². The van der Waals surface area contributed by atoms with E-state index in [0.29, 0.717) is 35.2 Å². The van der Waals surface area contributed by atoms with Crippen LogP contribution in [0.1, 0.15) is 31.5 Å². The average molecular weight is 328 g/mol. The molecule has 0 aliphatic carbocycles. The molecule has 0 radical (unpaired) electrons. The lowest BCUT2D eigenvalue weighted by atomic mass is 10.1. The van der Waals surface area contributed by atoms with E-state index in [4.69, 9.17) is 0 Å². The Hall–Kier alpha value is -2.50. The molecule has 0 saturated carbocycles. The Kier molecular flexibility index (Phi) is 5.84. The molecule has 1 amide bonds. The SMILES string of the molecule is Cc1nc(-c2ccccn2)[nH]c(=O)c1CC(=O)N(C)CCC(C)C. The number of H-pyrrole nitrogens is 1. The summed E-state index contributed by atoms with van der Waals surface area (Å²) in [6, 6.07) is 5.41. The van der Waals surface area contributed by atoms with Gasteiger partial charge in [0.2, 0.25) is 5.91 Å². The third-order valence-electron chi connectivity index (χ3n) is 3.93. The van der Waals surface area contributed by atoms with E-state index in [2.05, 4.69) is 28.8 Å². The van der Waals surface area contributed by atoms with Crippen molar-refractivity contribution in [2.45, 2.75) is 33.6 Å². The summed E-state index contributed by atoms with van der Waals surface area (Å²) in [6.45, 7) is 6.67. The molecule has 24 heavy (non-hydrogen) atoms. The van der Waals surface area contributed by atoms with Crippen molar-refractivity contribution in [3.8, 4) is 11.5 Å². The molecule has 6 heteroatoms. The number of carbonyl (C=O) groups excluding carboxylic acids is 1. The highest BCUT2D eigenvalue weighted by molar-refractivity contribution is 5.78. The number of carbonyl (C=O) groups is 1. The van der Waals surface area contributed by atoms with Crippen LogP contribution in [0.25, 0.3) is 11.5 Å². The maximum Gasteiger partial charge on any atom is 0.255 e. The minimum Gasteiger partial charge on any atom is -0.345 e. The van der Waals surface area contributed by atoms with Gasteiger partial charge in [0.05, 0.1) is 6.42 Å². The Morgan fingerprint density at radius 2 is 2.08 bits per heavy atom. The molecule has 0 saturated heterocycles. The summed E-state index contributed by atoms with van der Waals surface area (Å²) in [6.07, 6.45) is 2.64. The lowest BCUT2D eigenvalue weighted by Crippen LogP contribution is -2.32. The number of hydrogen-bond donors (Lipinski definition) is 1. The zero-order valence-corrected chi connectivity index (χ0v) is 14.7. The van der Waals surface area contributed by atoms with Crippen LogP contribution in [-0.2, 0) is 11.2 Å². The van der Waals surface area contributed by atoms with Crippen LogP contribution in [0.15, 0.2) is 29.2 Å². The summed E-state index contributed by atoms with van der Waals surface area (Å²) in [5, 5.41) is 0. The molecule has 6 nitrogen and oxygen atoms in total. The van der Waals surface area contributed by atoms with E-state index < -0.39 is 0 Å². The van der Waals surface area contributed by atoms with Crippen LogP contribution >= 0.6 is 0 Å². The van der Waals surface area contributed by atoms with E-state index in [0.717, 1.165) is 6.42 Å². The number of aryl methyl sites for hydroxylation is 1. The van der Waals surface area contributed by atoms with Gasteiger partial charge >= 0.3 is 0 Å². The molecule has 0 aromatic carbocycles. The predicted molar refractivity (Wildman–Crippen MR) is 93.6 cm³/mol. The zero-order chi connectivity index (χ0) is 17.7. The Bertz CT molecular complexity index is 753.